The maximum absolute atomic E-state index is 12.3. The van der Waals surface area contributed by atoms with E-state index < -0.39 is 30.3 Å². The van der Waals surface area contributed by atoms with Crippen LogP contribution in [0.5, 0.6) is 0 Å². The number of amides is 3. The van der Waals surface area contributed by atoms with E-state index in [1.807, 2.05) is 6.07 Å². The van der Waals surface area contributed by atoms with Crippen LogP contribution in [0.15, 0.2) is 60.3 Å². The van der Waals surface area contributed by atoms with Gasteiger partial charge in [-0.1, -0.05) is 42.5 Å². The van der Waals surface area contributed by atoms with E-state index in [2.05, 4.69) is 10.6 Å². The number of carbonyl (C=O) groups excluding carboxylic acids is 4. The number of nitrogens with one attached hydrogen (secondary N) is 2. The number of nitrogens with two attached hydrogens (primary N) is 1. The van der Waals surface area contributed by atoms with Gasteiger partial charge >= 0.3 is 5.97 Å². The van der Waals surface area contributed by atoms with E-state index in [-0.39, 0.29) is 16.9 Å². The lowest BCUT2D eigenvalue weighted by Gasteiger charge is -2.11. The van der Waals surface area contributed by atoms with Gasteiger partial charge in [-0.2, -0.15) is 0 Å². The molecule has 2 rings (SSSR count). The summed E-state index contributed by atoms with van der Waals surface area (Å²) in [6.45, 7) is 0.636. The molecule has 144 valence electrons. The van der Waals surface area contributed by atoms with Crippen molar-refractivity contribution in [1.29, 1.82) is 0 Å². The molecule has 8 heteroatoms. The SMILES string of the molecule is CC(=O)NC(=Cc1ccccc1)C(=O)OCC(=O)Nc1ccccc1C(N)=O. The van der Waals surface area contributed by atoms with E-state index in [9.17, 15) is 19.2 Å². The van der Waals surface area contributed by atoms with E-state index in [0.717, 1.165) is 0 Å². The van der Waals surface area contributed by atoms with Crippen LogP contribution in [0.25, 0.3) is 6.08 Å². The molecule has 0 atom stereocenters. The predicted molar refractivity (Wildman–Crippen MR) is 103 cm³/mol. The first kappa shape index (κ1) is 20.4. The lowest BCUT2D eigenvalue weighted by molar-refractivity contribution is -0.144. The average Bonchev–Trinajstić information content (AvgIpc) is 2.66. The minimum atomic E-state index is -0.877. The first-order chi connectivity index (χ1) is 13.4. The van der Waals surface area contributed by atoms with Gasteiger partial charge in [-0.05, 0) is 23.8 Å². The van der Waals surface area contributed by atoms with Crippen LogP contribution in [0.3, 0.4) is 0 Å². The molecule has 0 bridgehead atoms. The Morgan fingerprint density at radius 2 is 1.64 bits per heavy atom. The molecule has 0 saturated heterocycles. The van der Waals surface area contributed by atoms with Gasteiger partial charge < -0.3 is 21.1 Å². The number of esters is 1. The van der Waals surface area contributed by atoms with Gasteiger partial charge in [0.1, 0.15) is 5.70 Å². The molecule has 0 spiro atoms. The summed E-state index contributed by atoms with van der Waals surface area (Å²) >= 11 is 0. The maximum Gasteiger partial charge on any atom is 0.355 e. The van der Waals surface area contributed by atoms with Gasteiger partial charge in [0, 0.05) is 6.92 Å². The molecule has 4 N–H and O–H groups in total. The molecule has 0 aromatic heterocycles. The number of anilines is 1. The smallest absolute Gasteiger partial charge is 0.355 e. The van der Waals surface area contributed by atoms with Crippen molar-refractivity contribution >= 4 is 35.5 Å². The monoisotopic (exact) mass is 381 g/mol. The van der Waals surface area contributed by atoms with Crippen molar-refractivity contribution in [2.75, 3.05) is 11.9 Å². The number of para-hydroxylation sites is 1. The molecular weight excluding hydrogens is 362 g/mol. The van der Waals surface area contributed by atoms with E-state index in [1.54, 1.807) is 36.4 Å². The molecule has 2 aromatic carbocycles. The predicted octanol–water partition coefficient (Wildman–Crippen LogP) is 1.44. The lowest BCUT2D eigenvalue weighted by Crippen LogP contribution is -2.29. The number of benzene rings is 2. The molecule has 0 unspecified atom stereocenters. The highest BCUT2D eigenvalue weighted by molar-refractivity contribution is 6.04. The minimum absolute atomic E-state index is 0.107. The molecule has 0 radical (unpaired) electrons. The molecule has 2 aromatic rings. The molecule has 0 aliphatic rings. The van der Waals surface area contributed by atoms with Crippen molar-refractivity contribution in [3.05, 3.63) is 71.4 Å². The summed E-state index contributed by atoms with van der Waals surface area (Å²) in [6, 6.07) is 15.0. The van der Waals surface area contributed by atoms with Crippen LogP contribution in [-0.2, 0) is 19.1 Å². The fourth-order valence-electron chi connectivity index (χ4n) is 2.25. The van der Waals surface area contributed by atoms with Crippen molar-refractivity contribution in [2.45, 2.75) is 6.92 Å². The van der Waals surface area contributed by atoms with Gasteiger partial charge in [-0.15, -0.1) is 0 Å². The summed E-state index contributed by atoms with van der Waals surface area (Å²) < 4.78 is 4.96. The molecule has 28 heavy (non-hydrogen) atoms. The maximum atomic E-state index is 12.3. The Kier molecular flexibility index (Phi) is 7.04. The van der Waals surface area contributed by atoms with Crippen LogP contribution in [0.4, 0.5) is 5.69 Å². The topological polar surface area (TPSA) is 128 Å². The average molecular weight is 381 g/mol. The van der Waals surface area contributed by atoms with Gasteiger partial charge in [0.15, 0.2) is 6.61 Å². The first-order valence-electron chi connectivity index (χ1n) is 8.27. The quantitative estimate of drug-likeness (QED) is 0.494. The van der Waals surface area contributed by atoms with Gasteiger partial charge in [0.25, 0.3) is 11.8 Å². The summed E-state index contributed by atoms with van der Waals surface area (Å²) in [7, 11) is 0. The zero-order chi connectivity index (χ0) is 20.5. The second kappa shape index (κ2) is 9.67. The molecule has 0 aliphatic carbocycles. The fourth-order valence-corrected chi connectivity index (χ4v) is 2.25. The summed E-state index contributed by atoms with van der Waals surface area (Å²) in [4.78, 5) is 47.0. The second-order valence-electron chi connectivity index (χ2n) is 5.68. The normalized spacial score (nSPS) is 10.7. The molecule has 0 saturated carbocycles. The molecule has 0 fully saturated rings. The van der Waals surface area contributed by atoms with Crippen LogP contribution in [0, 0.1) is 0 Å². The zero-order valence-electron chi connectivity index (χ0n) is 15.1. The summed E-state index contributed by atoms with van der Waals surface area (Å²) in [6.07, 6.45) is 1.43. The Hall–Kier alpha value is -3.94. The van der Waals surface area contributed by atoms with E-state index in [1.165, 1.54) is 25.1 Å². The second-order valence-corrected chi connectivity index (χ2v) is 5.68. The third-order valence-electron chi connectivity index (χ3n) is 3.44. The first-order valence-corrected chi connectivity index (χ1v) is 8.27. The largest absolute Gasteiger partial charge is 0.451 e. The Morgan fingerprint density at radius 3 is 2.29 bits per heavy atom. The third-order valence-corrected chi connectivity index (χ3v) is 3.44. The highest BCUT2D eigenvalue weighted by atomic mass is 16.5. The van der Waals surface area contributed by atoms with Crippen LogP contribution < -0.4 is 16.4 Å². The van der Waals surface area contributed by atoms with Crippen molar-refractivity contribution in [2.24, 2.45) is 5.73 Å². The van der Waals surface area contributed by atoms with Crippen LogP contribution in [-0.4, -0.2) is 30.3 Å². The molecule has 8 nitrogen and oxygen atoms in total. The Balaban J connectivity index is 2.04. The number of ether oxygens (including phenoxy) is 1. The summed E-state index contributed by atoms with van der Waals surface area (Å²) in [5.41, 5.74) is 6.15. The zero-order valence-corrected chi connectivity index (χ0v) is 15.1. The van der Waals surface area contributed by atoms with Crippen molar-refractivity contribution < 1.29 is 23.9 Å². The molecule has 0 aliphatic heterocycles. The standard InChI is InChI=1S/C20H19N3O5/c1-13(24)22-17(11-14-7-3-2-4-8-14)20(27)28-12-18(25)23-16-10-6-5-9-15(16)19(21)26/h2-11H,12H2,1H3,(H2,21,26)(H,22,24)(H,23,25). The van der Waals surface area contributed by atoms with E-state index in [4.69, 9.17) is 10.5 Å². The van der Waals surface area contributed by atoms with Gasteiger partial charge in [-0.3, -0.25) is 14.4 Å². The highest BCUT2D eigenvalue weighted by Gasteiger charge is 2.16. The number of hydrogen-bond acceptors (Lipinski definition) is 5. The van der Waals surface area contributed by atoms with Crippen LogP contribution >= 0.6 is 0 Å². The Labute approximate surface area is 161 Å². The molecule has 0 heterocycles. The number of primary amides is 1. The molecular formula is C20H19N3O5. The highest BCUT2D eigenvalue weighted by Crippen LogP contribution is 2.14. The fraction of sp³-hybridized carbons (Fsp3) is 0.100. The number of carbonyl (C=O) groups is 4. The van der Waals surface area contributed by atoms with Crippen molar-refractivity contribution in [1.82, 2.24) is 5.32 Å². The van der Waals surface area contributed by atoms with Crippen molar-refractivity contribution in [3.63, 3.8) is 0 Å². The van der Waals surface area contributed by atoms with Crippen LogP contribution in [0.2, 0.25) is 0 Å². The lowest BCUT2D eigenvalue weighted by atomic mass is 10.1. The Morgan fingerprint density at radius 1 is 1.00 bits per heavy atom. The van der Waals surface area contributed by atoms with Gasteiger partial charge in [-0.25, -0.2) is 4.79 Å². The molecule has 3 amide bonds. The Bertz CT molecular complexity index is 922. The summed E-state index contributed by atoms with van der Waals surface area (Å²) in [5.74, 6) is -2.70. The minimum Gasteiger partial charge on any atom is -0.451 e. The number of hydrogen-bond donors (Lipinski definition) is 3. The number of rotatable bonds is 7. The van der Waals surface area contributed by atoms with E-state index in [0.29, 0.717) is 5.56 Å². The summed E-state index contributed by atoms with van der Waals surface area (Å²) in [5, 5.41) is 4.83. The van der Waals surface area contributed by atoms with Crippen molar-refractivity contribution in [3.8, 4) is 0 Å². The van der Waals surface area contributed by atoms with Crippen LogP contribution in [0.1, 0.15) is 22.8 Å². The van der Waals surface area contributed by atoms with Gasteiger partial charge in [0.2, 0.25) is 5.91 Å². The third kappa shape index (κ3) is 6.10. The van der Waals surface area contributed by atoms with Gasteiger partial charge in [0.05, 0.1) is 11.3 Å². The van der Waals surface area contributed by atoms with E-state index >= 15 is 0 Å².